The van der Waals surface area contributed by atoms with Gasteiger partial charge >= 0.3 is 0 Å². The van der Waals surface area contributed by atoms with Crippen LogP contribution in [0.15, 0.2) is 24.3 Å². The number of rotatable bonds is 4. The highest BCUT2D eigenvalue weighted by atomic mass is 17.1. The molecule has 1 aromatic rings. The molecule has 3 rings (SSSR count). The van der Waals surface area contributed by atoms with Crippen LogP contribution < -0.4 is 0 Å². The lowest BCUT2D eigenvalue weighted by molar-refractivity contribution is -0.306. The Balaban J connectivity index is 1.55. The van der Waals surface area contributed by atoms with Crippen molar-refractivity contribution in [2.24, 2.45) is 17.8 Å². The topological polar surface area (TPSA) is 29.5 Å². The number of hydrogen-bond donors (Lipinski definition) is 1. The van der Waals surface area contributed by atoms with E-state index in [-0.39, 0.29) is 6.10 Å². The van der Waals surface area contributed by atoms with E-state index in [0.29, 0.717) is 17.8 Å². The molecule has 0 aromatic heterocycles. The van der Waals surface area contributed by atoms with Crippen molar-refractivity contribution in [1.29, 1.82) is 0 Å². The molecule has 0 spiro atoms. The summed E-state index contributed by atoms with van der Waals surface area (Å²) in [6.45, 7) is 4.49. The zero-order valence-corrected chi connectivity index (χ0v) is 14.7. The molecule has 1 unspecified atom stereocenters. The average Bonchev–Trinajstić information content (AvgIpc) is 2.59. The van der Waals surface area contributed by atoms with Gasteiger partial charge in [-0.25, -0.2) is 4.89 Å². The highest BCUT2D eigenvalue weighted by Crippen LogP contribution is 2.42. The molecule has 0 radical (unpaired) electrons. The SMILES string of the molecule is Cc1ccc(C2CCC(C(OO)C3CCC(C)CC3)CC2)cc1. The van der Waals surface area contributed by atoms with Crippen LogP contribution in [0.25, 0.3) is 0 Å². The quantitative estimate of drug-likeness (QED) is 0.549. The maximum atomic E-state index is 9.51. The molecule has 2 aliphatic carbocycles. The van der Waals surface area contributed by atoms with Crippen LogP contribution in [0.1, 0.15) is 75.3 Å². The number of aryl methyl sites for hydroxylation is 1. The third-order valence-electron chi connectivity index (χ3n) is 6.43. The van der Waals surface area contributed by atoms with E-state index < -0.39 is 0 Å². The maximum Gasteiger partial charge on any atom is 0.0983 e. The molecule has 0 heterocycles. The summed E-state index contributed by atoms with van der Waals surface area (Å²) in [5.74, 6) is 2.65. The molecule has 2 saturated carbocycles. The number of hydrogen-bond acceptors (Lipinski definition) is 2. The second-order valence-corrected chi connectivity index (χ2v) is 8.11. The Morgan fingerprint density at radius 2 is 1.39 bits per heavy atom. The summed E-state index contributed by atoms with van der Waals surface area (Å²) < 4.78 is 0. The molecule has 0 amide bonds. The lowest BCUT2D eigenvalue weighted by Crippen LogP contribution is -2.35. The van der Waals surface area contributed by atoms with Crippen LogP contribution in [0.3, 0.4) is 0 Å². The summed E-state index contributed by atoms with van der Waals surface area (Å²) in [6.07, 6.45) is 9.96. The number of benzene rings is 1. The monoisotopic (exact) mass is 316 g/mol. The van der Waals surface area contributed by atoms with Gasteiger partial charge in [0.25, 0.3) is 0 Å². The Bertz CT molecular complexity index is 465. The van der Waals surface area contributed by atoms with E-state index in [1.54, 1.807) is 0 Å². The van der Waals surface area contributed by atoms with Crippen LogP contribution in [0.4, 0.5) is 0 Å². The minimum atomic E-state index is 0.0708. The molecule has 1 atom stereocenters. The first kappa shape index (κ1) is 17.0. The predicted octanol–water partition coefficient (Wildman–Crippen LogP) is 5.95. The summed E-state index contributed by atoms with van der Waals surface area (Å²) in [7, 11) is 0. The van der Waals surface area contributed by atoms with E-state index in [0.717, 1.165) is 5.92 Å². The first-order chi connectivity index (χ1) is 11.2. The highest BCUT2D eigenvalue weighted by molar-refractivity contribution is 5.24. The molecule has 2 nitrogen and oxygen atoms in total. The fourth-order valence-electron chi connectivity index (χ4n) is 4.79. The van der Waals surface area contributed by atoms with Crippen LogP contribution in [-0.4, -0.2) is 11.4 Å². The summed E-state index contributed by atoms with van der Waals surface area (Å²) in [6, 6.07) is 9.04. The average molecular weight is 316 g/mol. The molecule has 2 fully saturated rings. The fourth-order valence-corrected chi connectivity index (χ4v) is 4.79. The smallest absolute Gasteiger partial charge is 0.0983 e. The van der Waals surface area contributed by atoms with Gasteiger partial charge in [-0.05, 0) is 74.7 Å². The molecule has 0 aliphatic heterocycles. The van der Waals surface area contributed by atoms with Crippen LogP contribution >= 0.6 is 0 Å². The van der Waals surface area contributed by atoms with Crippen molar-refractivity contribution in [2.45, 2.75) is 77.2 Å². The van der Waals surface area contributed by atoms with Crippen molar-refractivity contribution < 1.29 is 10.1 Å². The van der Waals surface area contributed by atoms with Gasteiger partial charge in [-0.2, -0.15) is 0 Å². The summed E-state index contributed by atoms with van der Waals surface area (Å²) in [5, 5.41) is 9.51. The van der Waals surface area contributed by atoms with E-state index >= 15 is 0 Å². The largest absolute Gasteiger partial charge is 0.252 e. The van der Waals surface area contributed by atoms with Gasteiger partial charge in [0.2, 0.25) is 0 Å². The third kappa shape index (κ3) is 4.16. The van der Waals surface area contributed by atoms with E-state index in [1.165, 1.54) is 62.5 Å². The standard InChI is InChI=1S/C21H32O2/c1-15-3-7-17(8-4-15)18-11-13-20(14-12-18)21(23-22)19-9-5-16(2)6-10-19/h3-4,7-8,16,18-22H,5-6,9-14H2,1-2H3. The molecule has 1 N–H and O–H groups in total. The van der Waals surface area contributed by atoms with Gasteiger partial charge in [-0.1, -0.05) is 49.6 Å². The predicted molar refractivity (Wildman–Crippen MR) is 94.5 cm³/mol. The molecular formula is C21H32O2. The Morgan fingerprint density at radius 3 is 1.91 bits per heavy atom. The second-order valence-electron chi connectivity index (χ2n) is 8.11. The van der Waals surface area contributed by atoms with Crippen LogP contribution in [0.2, 0.25) is 0 Å². The first-order valence-corrected chi connectivity index (χ1v) is 9.54. The molecule has 128 valence electrons. The maximum absolute atomic E-state index is 9.51. The van der Waals surface area contributed by atoms with Gasteiger partial charge in [-0.3, -0.25) is 5.26 Å². The van der Waals surface area contributed by atoms with Gasteiger partial charge in [0.15, 0.2) is 0 Å². The van der Waals surface area contributed by atoms with Gasteiger partial charge in [0.1, 0.15) is 0 Å². The Morgan fingerprint density at radius 1 is 0.870 bits per heavy atom. The van der Waals surface area contributed by atoms with Gasteiger partial charge in [-0.15, -0.1) is 0 Å². The van der Waals surface area contributed by atoms with E-state index in [4.69, 9.17) is 4.89 Å². The van der Waals surface area contributed by atoms with Gasteiger partial charge in [0, 0.05) is 0 Å². The Labute approximate surface area is 141 Å². The van der Waals surface area contributed by atoms with Crippen LogP contribution in [0.5, 0.6) is 0 Å². The van der Waals surface area contributed by atoms with Crippen LogP contribution in [0, 0.1) is 24.7 Å². The third-order valence-corrected chi connectivity index (χ3v) is 6.43. The summed E-state index contributed by atoms with van der Waals surface area (Å²) in [4.78, 5) is 5.02. The zero-order valence-electron chi connectivity index (χ0n) is 14.7. The van der Waals surface area contributed by atoms with Crippen molar-refractivity contribution >= 4 is 0 Å². The van der Waals surface area contributed by atoms with Crippen molar-refractivity contribution in [1.82, 2.24) is 0 Å². The van der Waals surface area contributed by atoms with Gasteiger partial charge in [0.05, 0.1) is 6.10 Å². The van der Waals surface area contributed by atoms with E-state index in [2.05, 4.69) is 38.1 Å². The fraction of sp³-hybridized carbons (Fsp3) is 0.714. The van der Waals surface area contributed by atoms with E-state index in [9.17, 15) is 5.26 Å². The minimum Gasteiger partial charge on any atom is -0.252 e. The molecule has 0 saturated heterocycles. The summed E-state index contributed by atoms with van der Waals surface area (Å²) >= 11 is 0. The molecular weight excluding hydrogens is 284 g/mol. The second kappa shape index (κ2) is 7.81. The van der Waals surface area contributed by atoms with Crippen molar-refractivity contribution in [3.05, 3.63) is 35.4 Å². The minimum absolute atomic E-state index is 0.0708. The molecule has 2 aliphatic rings. The Kier molecular flexibility index (Phi) is 5.76. The Hall–Kier alpha value is -0.860. The van der Waals surface area contributed by atoms with Gasteiger partial charge < -0.3 is 0 Å². The van der Waals surface area contributed by atoms with E-state index in [1.807, 2.05) is 0 Å². The zero-order chi connectivity index (χ0) is 16.2. The molecule has 1 aromatic carbocycles. The first-order valence-electron chi connectivity index (χ1n) is 9.54. The van der Waals surface area contributed by atoms with Crippen LogP contribution in [-0.2, 0) is 4.89 Å². The lowest BCUT2D eigenvalue weighted by atomic mass is 9.70. The van der Waals surface area contributed by atoms with Crippen molar-refractivity contribution in [3.63, 3.8) is 0 Å². The molecule has 2 heteroatoms. The lowest BCUT2D eigenvalue weighted by Gasteiger charge is -2.38. The normalized spacial score (nSPS) is 33.3. The van der Waals surface area contributed by atoms with Crippen molar-refractivity contribution in [2.75, 3.05) is 0 Å². The molecule has 0 bridgehead atoms. The van der Waals surface area contributed by atoms with Crippen molar-refractivity contribution in [3.8, 4) is 0 Å². The highest BCUT2D eigenvalue weighted by Gasteiger charge is 2.35. The summed E-state index contributed by atoms with van der Waals surface area (Å²) in [5.41, 5.74) is 2.82. The molecule has 23 heavy (non-hydrogen) atoms.